The molecule has 1 unspecified atom stereocenters. The zero-order chi connectivity index (χ0) is 12.7. The number of anilines is 1. The van der Waals surface area contributed by atoms with Gasteiger partial charge in [0.05, 0.1) is 16.1 Å². The predicted octanol–water partition coefficient (Wildman–Crippen LogP) is 2.41. The zero-order valence-corrected chi connectivity index (χ0v) is 10.9. The number of carbonyl (C=O) groups excluding carboxylic acids is 2. The third-order valence-corrected chi connectivity index (χ3v) is 4.33. The summed E-state index contributed by atoms with van der Waals surface area (Å²) in [6.07, 6.45) is 0.179. The Balaban J connectivity index is 1.95. The number of benzene rings is 1. The molecule has 0 spiro atoms. The van der Waals surface area contributed by atoms with E-state index in [9.17, 15) is 9.59 Å². The highest BCUT2D eigenvalue weighted by molar-refractivity contribution is 7.22. The van der Waals surface area contributed by atoms with Crippen LogP contribution in [-0.4, -0.2) is 22.7 Å². The molecule has 2 aromatic rings. The average molecular weight is 281 g/mol. The van der Waals surface area contributed by atoms with Crippen molar-refractivity contribution >= 4 is 49.4 Å². The maximum absolute atomic E-state index is 11.8. The van der Waals surface area contributed by atoms with Gasteiger partial charge in [-0.3, -0.25) is 14.5 Å². The van der Waals surface area contributed by atoms with Crippen LogP contribution in [0.2, 0.25) is 0 Å². The van der Waals surface area contributed by atoms with Gasteiger partial charge in [0.2, 0.25) is 11.1 Å². The number of fused-ring (bicyclic) bond motifs is 1. The molecule has 1 aliphatic heterocycles. The largest absolute Gasteiger partial charge is 0.287 e. The van der Waals surface area contributed by atoms with E-state index in [1.54, 1.807) is 4.90 Å². The summed E-state index contributed by atoms with van der Waals surface area (Å²) in [5, 5.41) is 0.188. The Kier molecular flexibility index (Phi) is 2.80. The first-order valence-corrected chi connectivity index (χ1v) is 6.70. The molecule has 3 rings (SSSR count). The molecule has 18 heavy (non-hydrogen) atoms. The molecule has 1 saturated heterocycles. The summed E-state index contributed by atoms with van der Waals surface area (Å²) in [6, 6.07) is 7.70. The molecule has 1 fully saturated rings. The summed E-state index contributed by atoms with van der Waals surface area (Å²) < 4.78 is 1.03. The normalized spacial score (nSPS) is 19.7. The fourth-order valence-electron chi connectivity index (χ4n) is 2.02. The van der Waals surface area contributed by atoms with Crippen molar-refractivity contribution in [2.24, 2.45) is 5.92 Å². The maximum atomic E-state index is 11.8. The number of hydrogen-bond donors (Lipinski definition) is 0. The van der Waals surface area contributed by atoms with Crippen LogP contribution in [0.25, 0.3) is 10.2 Å². The molecule has 0 saturated carbocycles. The second-order valence-electron chi connectivity index (χ2n) is 4.17. The number of aromatic nitrogens is 1. The first-order chi connectivity index (χ1) is 8.65. The van der Waals surface area contributed by atoms with E-state index in [0.29, 0.717) is 11.7 Å². The SMILES string of the molecule is O=C(Cl)C1CC(=O)N(c2nc3ccccc3s2)C1. The third kappa shape index (κ3) is 1.89. The van der Waals surface area contributed by atoms with Crippen molar-refractivity contribution in [1.29, 1.82) is 0 Å². The van der Waals surface area contributed by atoms with Crippen LogP contribution in [0.4, 0.5) is 5.13 Å². The molecule has 1 atom stereocenters. The number of para-hydroxylation sites is 1. The molecule has 1 aliphatic rings. The number of thiazole rings is 1. The number of rotatable bonds is 2. The monoisotopic (exact) mass is 280 g/mol. The molecule has 1 aromatic carbocycles. The minimum Gasteiger partial charge on any atom is -0.287 e. The van der Waals surface area contributed by atoms with Gasteiger partial charge in [0, 0.05) is 13.0 Å². The Morgan fingerprint density at radius 3 is 2.89 bits per heavy atom. The van der Waals surface area contributed by atoms with E-state index >= 15 is 0 Å². The Morgan fingerprint density at radius 2 is 2.22 bits per heavy atom. The highest BCUT2D eigenvalue weighted by Crippen LogP contribution is 2.33. The van der Waals surface area contributed by atoms with Crippen molar-refractivity contribution in [2.75, 3.05) is 11.4 Å². The van der Waals surface area contributed by atoms with Crippen LogP contribution in [0.3, 0.4) is 0 Å². The minimum absolute atomic E-state index is 0.0898. The van der Waals surface area contributed by atoms with Crippen LogP contribution >= 0.6 is 22.9 Å². The first kappa shape index (κ1) is 11.6. The molecule has 92 valence electrons. The van der Waals surface area contributed by atoms with Crippen LogP contribution in [0.1, 0.15) is 6.42 Å². The molecule has 1 aromatic heterocycles. The Labute approximate surface area is 112 Å². The molecule has 0 radical (unpaired) electrons. The molecule has 0 aliphatic carbocycles. The average Bonchev–Trinajstić information content (AvgIpc) is 2.91. The molecule has 0 bridgehead atoms. The maximum Gasteiger partial charge on any atom is 0.229 e. The fraction of sp³-hybridized carbons (Fsp3) is 0.250. The summed E-state index contributed by atoms with van der Waals surface area (Å²) in [5.74, 6) is -0.501. The van der Waals surface area contributed by atoms with Gasteiger partial charge in [0.15, 0.2) is 5.13 Å². The van der Waals surface area contributed by atoms with E-state index in [4.69, 9.17) is 11.6 Å². The van der Waals surface area contributed by atoms with Crippen LogP contribution in [0.5, 0.6) is 0 Å². The van der Waals surface area contributed by atoms with Gasteiger partial charge in [-0.2, -0.15) is 0 Å². The van der Waals surface area contributed by atoms with Crippen molar-refractivity contribution in [3.05, 3.63) is 24.3 Å². The number of carbonyl (C=O) groups is 2. The Morgan fingerprint density at radius 1 is 1.44 bits per heavy atom. The van der Waals surface area contributed by atoms with Crippen molar-refractivity contribution < 1.29 is 9.59 Å². The van der Waals surface area contributed by atoms with Gasteiger partial charge in [0.25, 0.3) is 0 Å². The van der Waals surface area contributed by atoms with Gasteiger partial charge in [-0.1, -0.05) is 23.5 Å². The second-order valence-corrected chi connectivity index (χ2v) is 5.56. The lowest BCUT2D eigenvalue weighted by Gasteiger charge is -2.11. The van der Waals surface area contributed by atoms with Gasteiger partial charge in [-0.15, -0.1) is 0 Å². The lowest BCUT2D eigenvalue weighted by Crippen LogP contribution is -2.24. The number of nitrogens with zero attached hydrogens (tertiary/aromatic N) is 2. The molecular formula is C12H9ClN2O2S. The standard InChI is InChI=1S/C12H9ClN2O2S/c13-11(17)7-5-10(16)15(6-7)12-14-8-3-1-2-4-9(8)18-12/h1-4,7H,5-6H2. The minimum atomic E-state index is -0.452. The van der Waals surface area contributed by atoms with Gasteiger partial charge in [0.1, 0.15) is 0 Å². The molecule has 2 heterocycles. The summed E-state index contributed by atoms with van der Waals surface area (Å²) in [6.45, 7) is 0.334. The smallest absolute Gasteiger partial charge is 0.229 e. The summed E-state index contributed by atoms with van der Waals surface area (Å²) in [5.41, 5.74) is 0.867. The van der Waals surface area contributed by atoms with Gasteiger partial charge in [-0.25, -0.2) is 4.98 Å². The van der Waals surface area contributed by atoms with Crippen molar-refractivity contribution in [3.63, 3.8) is 0 Å². The molecule has 6 heteroatoms. The lowest BCUT2D eigenvalue weighted by molar-refractivity contribution is -0.120. The zero-order valence-electron chi connectivity index (χ0n) is 9.30. The van der Waals surface area contributed by atoms with Crippen molar-refractivity contribution in [3.8, 4) is 0 Å². The highest BCUT2D eigenvalue weighted by atomic mass is 35.5. The fourth-order valence-corrected chi connectivity index (χ4v) is 3.16. The molecule has 4 nitrogen and oxygen atoms in total. The molecular weight excluding hydrogens is 272 g/mol. The predicted molar refractivity (Wildman–Crippen MR) is 70.9 cm³/mol. The topological polar surface area (TPSA) is 50.3 Å². The summed E-state index contributed by atoms with van der Waals surface area (Å²) in [7, 11) is 0. The van der Waals surface area contributed by atoms with Crippen LogP contribution in [0, 0.1) is 5.92 Å². The Bertz CT molecular complexity index is 607. The van der Waals surface area contributed by atoms with E-state index < -0.39 is 11.2 Å². The van der Waals surface area contributed by atoms with E-state index in [0.717, 1.165) is 10.2 Å². The number of hydrogen-bond acceptors (Lipinski definition) is 4. The van der Waals surface area contributed by atoms with E-state index in [-0.39, 0.29) is 12.3 Å². The number of amides is 1. The molecule has 0 N–H and O–H groups in total. The van der Waals surface area contributed by atoms with Gasteiger partial charge < -0.3 is 0 Å². The summed E-state index contributed by atoms with van der Waals surface area (Å²) >= 11 is 6.90. The van der Waals surface area contributed by atoms with Crippen LogP contribution in [-0.2, 0) is 9.59 Å². The summed E-state index contributed by atoms with van der Waals surface area (Å²) in [4.78, 5) is 28.9. The third-order valence-electron chi connectivity index (χ3n) is 2.96. The van der Waals surface area contributed by atoms with Gasteiger partial charge >= 0.3 is 0 Å². The Hall–Kier alpha value is -1.46. The van der Waals surface area contributed by atoms with Crippen molar-refractivity contribution in [2.45, 2.75) is 6.42 Å². The van der Waals surface area contributed by atoms with E-state index in [1.807, 2.05) is 24.3 Å². The molecule has 1 amide bonds. The van der Waals surface area contributed by atoms with Gasteiger partial charge in [-0.05, 0) is 23.7 Å². The lowest BCUT2D eigenvalue weighted by atomic mass is 10.1. The first-order valence-electron chi connectivity index (χ1n) is 5.50. The van der Waals surface area contributed by atoms with Crippen molar-refractivity contribution in [1.82, 2.24) is 4.98 Å². The number of halogens is 1. The van der Waals surface area contributed by atoms with Crippen LogP contribution in [0.15, 0.2) is 24.3 Å². The quantitative estimate of drug-likeness (QED) is 0.794. The highest BCUT2D eigenvalue weighted by Gasteiger charge is 2.35. The van der Waals surface area contributed by atoms with E-state index in [1.165, 1.54) is 11.3 Å². The van der Waals surface area contributed by atoms with Crippen LogP contribution < -0.4 is 4.90 Å². The van der Waals surface area contributed by atoms with E-state index in [2.05, 4.69) is 4.98 Å². The second kappa shape index (κ2) is 4.33.